The first-order valence-electron chi connectivity index (χ1n) is 8.63. The number of likely N-dealkylation sites (N-methyl/N-ethyl adjacent to an activating group) is 1. The number of nitrogens with one attached hydrogen (secondary N) is 2. The first-order valence-corrected chi connectivity index (χ1v) is 9.16. The highest BCUT2D eigenvalue weighted by Crippen LogP contribution is 2.13. The Kier molecular flexibility index (Phi) is 10.2. The van der Waals surface area contributed by atoms with Gasteiger partial charge in [0, 0.05) is 63.5 Å². The number of halogens is 1. The van der Waals surface area contributed by atoms with Gasteiger partial charge in [-0.05, 0) is 31.7 Å². The minimum atomic E-state index is -0.0772. The van der Waals surface area contributed by atoms with Gasteiger partial charge in [0.15, 0.2) is 0 Å². The monoisotopic (exact) mass is 366 g/mol. The fourth-order valence-corrected chi connectivity index (χ4v) is 2.50. The van der Waals surface area contributed by atoms with Crippen LogP contribution in [-0.4, -0.2) is 63.5 Å². The summed E-state index contributed by atoms with van der Waals surface area (Å²) in [6.07, 6.45) is 0. The fraction of sp³-hybridized carbons (Fsp3) is 0.526. The second-order valence-corrected chi connectivity index (χ2v) is 6.67. The highest BCUT2D eigenvalue weighted by molar-refractivity contribution is 6.18. The fourth-order valence-electron chi connectivity index (χ4n) is 2.25. The van der Waals surface area contributed by atoms with Gasteiger partial charge >= 0.3 is 0 Å². The van der Waals surface area contributed by atoms with E-state index >= 15 is 0 Å². The Balaban J connectivity index is 2.18. The van der Waals surface area contributed by atoms with Gasteiger partial charge in [-0.3, -0.25) is 4.79 Å². The quantitative estimate of drug-likeness (QED) is 0.338. The molecule has 0 fully saturated rings. The number of hydrogen-bond acceptors (Lipinski definition) is 4. The molecule has 0 aliphatic carbocycles. The van der Waals surface area contributed by atoms with Crippen LogP contribution in [0.25, 0.3) is 0 Å². The third-order valence-electron chi connectivity index (χ3n) is 3.96. The molecule has 25 heavy (non-hydrogen) atoms. The van der Waals surface area contributed by atoms with Gasteiger partial charge in [-0.15, -0.1) is 11.6 Å². The van der Waals surface area contributed by atoms with E-state index in [1.165, 1.54) is 11.3 Å². The molecule has 6 heteroatoms. The van der Waals surface area contributed by atoms with Gasteiger partial charge in [-0.1, -0.05) is 18.7 Å². The summed E-state index contributed by atoms with van der Waals surface area (Å²) in [5, 5.41) is 6.29. The molecule has 0 unspecified atom stereocenters. The van der Waals surface area contributed by atoms with Crippen LogP contribution in [0, 0.1) is 0 Å². The average Bonchev–Trinajstić information content (AvgIpc) is 2.59. The molecule has 140 valence electrons. The number of amides is 1. The summed E-state index contributed by atoms with van der Waals surface area (Å²) in [4.78, 5) is 15.7. The van der Waals surface area contributed by atoms with Crippen molar-refractivity contribution in [2.45, 2.75) is 13.5 Å². The van der Waals surface area contributed by atoms with Gasteiger partial charge in [0.1, 0.15) is 0 Å². The van der Waals surface area contributed by atoms with E-state index in [0.717, 1.165) is 32.7 Å². The predicted octanol–water partition coefficient (Wildman–Crippen LogP) is 2.08. The molecule has 0 saturated carbocycles. The van der Waals surface area contributed by atoms with Crippen molar-refractivity contribution in [2.24, 2.45) is 0 Å². The molecule has 0 aliphatic heterocycles. The first-order chi connectivity index (χ1) is 11.9. The number of nitrogens with zero attached hydrogens (tertiary/aromatic N) is 2. The van der Waals surface area contributed by atoms with Crippen LogP contribution in [0.4, 0.5) is 5.69 Å². The molecule has 0 radical (unpaired) electrons. The summed E-state index contributed by atoms with van der Waals surface area (Å²) in [6, 6.07) is 8.54. The van der Waals surface area contributed by atoms with Gasteiger partial charge < -0.3 is 20.4 Å². The van der Waals surface area contributed by atoms with Gasteiger partial charge in [0.25, 0.3) is 0 Å². The Morgan fingerprint density at radius 2 is 1.76 bits per heavy atom. The SMILES string of the molecule is C=C(C)C(=O)NCCN(C)CCNCc1ccc(N(C)CCCl)cc1. The third kappa shape index (κ3) is 8.91. The van der Waals surface area contributed by atoms with Gasteiger partial charge in [0.2, 0.25) is 5.91 Å². The van der Waals surface area contributed by atoms with Gasteiger partial charge in [-0.2, -0.15) is 0 Å². The van der Waals surface area contributed by atoms with Crippen molar-refractivity contribution in [3.63, 3.8) is 0 Å². The highest BCUT2D eigenvalue weighted by Gasteiger charge is 2.03. The molecule has 0 spiro atoms. The summed E-state index contributed by atoms with van der Waals surface area (Å²) in [5.41, 5.74) is 2.99. The minimum Gasteiger partial charge on any atom is -0.373 e. The van der Waals surface area contributed by atoms with Crippen molar-refractivity contribution < 1.29 is 4.79 Å². The summed E-state index contributed by atoms with van der Waals surface area (Å²) < 4.78 is 0. The number of carbonyl (C=O) groups is 1. The van der Waals surface area contributed by atoms with Gasteiger partial charge in [-0.25, -0.2) is 0 Å². The zero-order valence-electron chi connectivity index (χ0n) is 15.6. The van der Waals surface area contributed by atoms with Crippen LogP contribution in [0.3, 0.4) is 0 Å². The maximum Gasteiger partial charge on any atom is 0.246 e. The van der Waals surface area contributed by atoms with Crippen molar-refractivity contribution in [3.8, 4) is 0 Å². The molecule has 0 bridgehead atoms. The lowest BCUT2D eigenvalue weighted by Gasteiger charge is -2.18. The zero-order valence-corrected chi connectivity index (χ0v) is 16.4. The Bertz CT molecular complexity index is 533. The molecule has 0 aromatic heterocycles. The van der Waals surface area contributed by atoms with Gasteiger partial charge in [0.05, 0.1) is 0 Å². The number of rotatable bonds is 12. The van der Waals surface area contributed by atoms with Crippen LogP contribution in [0.5, 0.6) is 0 Å². The van der Waals surface area contributed by atoms with E-state index in [2.05, 4.69) is 58.3 Å². The second kappa shape index (κ2) is 11.9. The maximum atomic E-state index is 11.4. The van der Waals surface area contributed by atoms with Crippen molar-refractivity contribution >= 4 is 23.2 Å². The molecular formula is C19H31ClN4O. The first kappa shape index (κ1) is 21.5. The molecule has 5 nitrogen and oxygen atoms in total. The molecule has 0 aliphatic rings. The lowest BCUT2D eigenvalue weighted by Crippen LogP contribution is -2.36. The molecule has 1 rings (SSSR count). The normalized spacial score (nSPS) is 10.8. The molecule has 0 atom stereocenters. The average molecular weight is 367 g/mol. The lowest BCUT2D eigenvalue weighted by molar-refractivity contribution is -0.117. The van der Waals surface area contributed by atoms with Crippen LogP contribution < -0.4 is 15.5 Å². The minimum absolute atomic E-state index is 0.0772. The maximum absolute atomic E-state index is 11.4. The Hall–Kier alpha value is -1.56. The number of benzene rings is 1. The Morgan fingerprint density at radius 1 is 1.12 bits per heavy atom. The predicted molar refractivity (Wildman–Crippen MR) is 107 cm³/mol. The van der Waals surface area contributed by atoms with Crippen molar-refractivity contribution in [1.29, 1.82) is 0 Å². The summed E-state index contributed by atoms with van der Waals surface area (Å²) in [5.74, 6) is 0.552. The molecule has 1 aromatic rings. The standard InChI is InChI=1S/C19H31ClN4O/c1-16(2)19(25)22-11-14-23(3)13-10-21-15-17-5-7-18(8-6-17)24(4)12-9-20/h5-8,21H,1,9-15H2,2-4H3,(H,22,25). The van der Waals surface area contributed by atoms with Crippen molar-refractivity contribution in [2.75, 3.05) is 57.6 Å². The zero-order chi connectivity index (χ0) is 18.7. The van der Waals surface area contributed by atoms with E-state index < -0.39 is 0 Å². The lowest BCUT2D eigenvalue weighted by atomic mass is 10.2. The summed E-state index contributed by atoms with van der Waals surface area (Å²) in [7, 11) is 4.10. The number of alkyl halides is 1. The number of hydrogen-bond donors (Lipinski definition) is 2. The smallest absolute Gasteiger partial charge is 0.246 e. The number of anilines is 1. The van der Waals surface area contributed by atoms with Crippen LogP contribution in [0.15, 0.2) is 36.4 Å². The molecule has 2 N–H and O–H groups in total. The van der Waals surface area contributed by atoms with Crippen LogP contribution in [0.2, 0.25) is 0 Å². The third-order valence-corrected chi connectivity index (χ3v) is 4.13. The van der Waals surface area contributed by atoms with Crippen LogP contribution in [0.1, 0.15) is 12.5 Å². The van der Waals surface area contributed by atoms with E-state index in [0.29, 0.717) is 18.0 Å². The van der Waals surface area contributed by atoms with Crippen molar-refractivity contribution in [3.05, 3.63) is 42.0 Å². The van der Waals surface area contributed by atoms with E-state index in [1.807, 2.05) is 7.05 Å². The second-order valence-electron chi connectivity index (χ2n) is 6.29. The van der Waals surface area contributed by atoms with Crippen LogP contribution in [-0.2, 0) is 11.3 Å². The molecule has 1 amide bonds. The highest BCUT2D eigenvalue weighted by atomic mass is 35.5. The van der Waals surface area contributed by atoms with E-state index in [9.17, 15) is 4.79 Å². The molecule has 1 aromatic carbocycles. The number of carbonyl (C=O) groups excluding carboxylic acids is 1. The largest absolute Gasteiger partial charge is 0.373 e. The van der Waals surface area contributed by atoms with E-state index in [1.54, 1.807) is 6.92 Å². The molecule has 0 saturated heterocycles. The Labute approximate surface area is 157 Å². The topological polar surface area (TPSA) is 47.6 Å². The van der Waals surface area contributed by atoms with Crippen LogP contribution >= 0.6 is 11.6 Å². The van der Waals surface area contributed by atoms with E-state index in [4.69, 9.17) is 11.6 Å². The van der Waals surface area contributed by atoms with Crippen molar-refractivity contribution in [1.82, 2.24) is 15.5 Å². The summed E-state index contributed by atoms with van der Waals surface area (Å²) >= 11 is 5.77. The molecule has 0 heterocycles. The molecular weight excluding hydrogens is 336 g/mol. The summed E-state index contributed by atoms with van der Waals surface area (Å²) in [6.45, 7) is 10.3. The van der Waals surface area contributed by atoms with E-state index in [-0.39, 0.29) is 5.91 Å². The Morgan fingerprint density at radius 3 is 2.36 bits per heavy atom.